The number of fused-ring (bicyclic) bond motifs is 1. The maximum absolute atomic E-state index is 14.3. The van der Waals surface area contributed by atoms with Gasteiger partial charge in [-0.3, -0.25) is 0 Å². The molecule has 0 bridgehead atoms. The summed E-state index contributed by atoms with van der Waals surface area (Å²) in [4.78, 5) is 12.4. The van der Waals surface area contributed by atoms with E-state index in [1.165, 1.54) is 54.6 Å². The fourth-order valence-corrected chi connectivity index (χ4v) is 9.01. The van der Waals surface area contributed by atoms with Crippen molar-refractivity contribution in [3.8, 4) is 16.9 Å². The van der Waals surface area contributed by atoms with Crippen LogP contribution in [0, 0.1) is 13.8 Å². The van der Waals surface area contributed by atoms with Crippen molar-refractivity contribution in [1.29, 1.82) is 0 Å². The first kappa shape index (κ1) is 32.5. The van der Waals surface area contributed by atoms with Crippen molar-refractivity contribution in [1.82, 2.24) is 0 Å². The second-order valence-corrected chi connectivity index (χ2v) is 15.5. The Morgan fingerprint density at radius 1 is 0.809 bits per heavy atom. The van der Waals surface area contributed by atoms with Gasteiger partial charge in [0.1, 0.15) is 24.0 Å². The average Bonchev–Trinajstić information content (AvgIpc) is 3.38. The highest BCUT2D eigenvalue weighted by Crippen LogP contribution is 2.34. The average molecular weight is 676 g/mol. The molecule has 1 fully saturated rings. The zero-order valence-electron chi connectivity index (χ0n) is 26.2. The van der Waals surface area contributed by atoms with Crippen LogP contribution in [0.25, 0.3) is 22.1 Å². The molecule has 0 N–H and O–H groups in total. The number of hydrogen-bond acceptors (Lipinski definition) is 9. The predicted molar refractivity (Wildman–Crippen MR) is 178 cm³/mol. The van der Waals surface area contributed by atoms with E-state index in [0.29, 0.717) is 27.0 Å². The molecule has 244 valence electrons. The minimum atomic E-state index is -4.73. The number of ether oxygens (including phenoxy) is 3. The topological polar surface area (TPSA) is 129 Å². The summed E-state index contributed by atoms with van der Waals surface area (Å²) >= 11 is 0. The quantitative estimate of drug-likeness (QED) is 0.168. The zero-order chi connectivity index (χ0) is 33.6. The van der Waals surface area contributed by atoms with E-state index < -0.39 is 31.5 Å². The summed E-state index contributed by atoms with van der Waals surface area (Å²) in [6, 6.07) is 24.3. The fourth-order valence-electron chi connectivity index (χ4n) is 5.34. The van der Waals surface area contributed by atoms with Crippen molar-refractivity contribution in [2.24, 2.45) is 0 Å². The number of aryl methyl sites for hydroxylation is 2. The van der Waals surface area contributed by atoms with Gasteiger partial charge in [-0.2, -0.15) is 3.71 Å². The first-order valence-corrected chi connectivity index (χ1v) is 17.7. The van der Waals surface area contributed by atoms with E-state index in [-0.39, 0.29) is 39.3 Å². The van der Waals surface area contributed by atoms with Gasteiger partial charge in [-0.15, -0.1) is 0 Å². The van der Waals surface area contributed by atoms with Gasteiger partial charge in [-0.25, -0.2) is 21.6 Å². The lowest BCUT2D eigenvalue weighted by atomic mass is 10.0. The molecule has 1 aliphatic heterocycles. The molecule has 10 nitrogen and oxygen atoms in total. The Bertz CT molecular complexity index is 2230. The third-order valence-electron chi connectivity index (χ3n) is 7.74. The molecule has 12 heteroatoms. The monoisotopic (exact) mass is 675 g/mol. The highest BCUT2D eigenvalue weighted by Gasteiger charge is 2.37. The Balaban J connectivity index is 1.42. The highest BCUT2D eigenvalue weighted by atomic mass is 32.3. The standard InChI is InChI=1S/C35H33NO9S2/c1-23-9-14-29(15-10-23)46(38,39)36(47(40,41)30-16-12-27(13-17-30)42-21-28-22-43-35(3,4)45-28)26-11-18-33-25(19-26)20-32(34(37)44-33)31-8-6-5-7-24(31)2/h5-20,28H,21-22H2,1-4H3. The molecule has 1 aromatic heterocycles. The van der Waals surface area contributed by atoms with Gasteiger partial charge in [0.2, 0.25) is 0 Å². The van der Waals surface area contributed by atoms with E-state index in [1.54, 1.807) is 51.1 Å². The molecule has 1 unspecified atom stereocenters. The van der Waals surface area contributed by atoms with Gasteiger partial charge in [-0.1, -0.05) is 42.0 Å². The molecular weight excluding hydrogens is 643 g/mol. The van der Waals surface area contributed by atoms with Gasteiger partial charge in [0, 0.05) is 5.39 Å². The lowest BCUT2D eigenvalue weighted by molar-refractivity contribution is -0.141. The SMILES string of the molecule is Cc1ccc(S(=O)(=O)N(c2ccc3oc(=O)c(-c4ccccc4C)cc3c2)S(=O)(=O)c2ccc(OCC3COC(C)(C)O3)cc2)cc1. The minimum absolute atomic E-state index is 0.163. The first-order chi connectivity index (χ1) is 22.2. The number of anilines is 1. The van der Waals surface area contributed by atoms with Crippen LogP contribution in [0.4, 0.5) is 5.69 Å². The summed E-state index contributed by atoms with van der Waals surface area (Å²) in [5, 5.41) is 0.338. The Hall–Kier alpha value is -4.49. The molecule has 0 amide bonds. The van der Waals surface area contributed by atoms with Gasteiger partial charge >= 0.3 is 5.63 Å². The van der Waals surface area contributed by atoms with Crippen molar-refractivity contribution < 1.29 is 35.5 Å². The van der Waals surface area contributed by atoms with Crippen LogP contribution in [0.2, 0.25) is 0 Å². The van der Waals surface area contributed by atoms with Gasteiger partial charge < -0.3 is 18.6 Å². The van der Waals surface area contributed by atoms with Crippen LogP contribution in [0.5, 0.6) is 5.75 Å². The number of sulfonamides is 2. The Kier molecular flexibility index (Phi) is 8.47. The third kappa shape index (κ3) is 6.54. The molecule has 4 aromatic carbocycles. The second-order valence-electron chi connectivity index (χ2n) is 11.7. The molecule has 2 heterocycles. The van der Waals surface area contributed by atoms with Crippen molar-refractivity contribution in [3.63, 3.8) is 0 Å². The van der Waals surface area contributed by atoms with E-state index in [9.17, 15) is 21.6 Å². The van der Waals surface area contributed by atoms with Crippen molar-refractivity contribution in [3.05, 3.63) is 119 Å². The van der Waals surface area contributed by atoms with Crippen LogP contribution >= 0.6 is 0 Å². The zero-order valence-corrected chi connectivity index (χ0v) is 27.8. The Labute approximate surface area is 273 Å². The van der Waals surface area contributed by atoms with Gasteiger partial charge in [-0.05, 0) is 99.5 Å². The van der Waals surface area contributed by atoms with Crippen LogP contribution in [0.3, 0.4) is 0 Å². The summed E-state index contributed by atoms with van der Waals surface area (Å²) in [5.41, 5.74) is 1.97. The van der Waals surface area contributed by atoms with Crippen LogP contribution in [-0.2, 0) is 29.5 Å². The van der Waals surface area contributed by atoms with Crippen molar-refractivity contribution >= 4 is 36.7 Å². The van der Waals surface area contributed by atoms with Gasteiger partial charge in [0.15, 0.2) is 5.79 Å². The summed E-state index contributed by atoms with van der Waals surface area (Å²) in [5.74, 6) is -0.344. The number of benzene rings is 4. The molecule has 47 heavy (non-hydrogen) atoms. The third-order valence-corrected chi connectivity index (χ3v) is 12.0. The number of hydrogen-bond donors (Lipinski definition) is 0. The molecular formula is C35H33NO9S2. The molecule has 1 atom stereocenters. The van der Waals surface area contributed by atoms with Crippen LogP contribution in [-0.4, -0.2) is 41.9 Å². The summed E-state index contributed by atoms with van der Waals surface area (Å²) in [7, 11) is -9.40. The van der Waals surface area contributed by atoms with Crippen LogP contribution in [0.15, 0.2) is 116 Å². The van der Waals surface area contributed by atoms with Gasteiger partial charge in [0.25, 0.3) is 20.0 Å². The summed E-state index contributed by atoms with van der Waals surface area (Å²) < 4.78 is 80.0. The molecule has 1 aliphatic rings. The van der Waals surface area contributed by atoms with Crippen molar-refractivity contribution in [2.45, 2.75) is 49.4 Å². The van der Waals surface area contributed by atoms with Crippen LogP contribution in [0.1, 0.15) is 25.0 Å². The van der Waals surface area contributed by atoms with Crippen molar-refractivity contribution in [2.75, 3.05) is 16.9 Å². The largest absolute Gasteiger partial charge is 0.491 e. The first-order valence-electron chi connectivity index (χ1n) is 14.8. The minimum Gasteiger partial charge on any atom is -0.491 e. The molecule has 0 spiro atoms. The van der Waals surface area contributed by atoms with Gasteiger partial charge in [0.05, 0.1) is 27.6 Å². The normalized spacial score (nSPS) is 16.3. The van der Waals surface area contributed by atoms with E-state index in [2.05, 4.69) is 0 Å². The predicted octanol–water partition coefficient (Wildman–Crippen LogP) is 6.19. The smallest absolute Gasteiger partial charge is 0.344 e. The number of rotatable bonds is 9. The molecule has 5 aromatic rings. The fraction of sp³-hybridized carbons (Fsp3) is 0.229. The lowest BCUT2D eigenvalue weighted by Gasteiger charge is -2.24. The maximum atomic E-state index is 14.3. The Morgan fingerprint density at radius 2 is 1.45 bits per heavy atom. The highest BCUT2D eigenvalue weighted by molar-refractivity contribution is 8.10. The van der Waals surface area contributed by atoms with E-state index in [0.717, 1.165) is 11.1 Å². The molecule has 0 radical (unpaired) electrons. The summed E-state index contributed by atoms with van der Waals surface area (Å²) in [6.45, 7) is 7.79. The van der Waals surface area contributed by atoms with E-state index in [1.807, 2.05) is 19.1 Å². The molecule has 6 rings (SSSR count). The molecule has 1 saturated heterocycles. The summed E-state index contributed by atoms with van der Waals surface area (Å²) in [6.07, 6.45) is -0.299. The van der Waals surface area contributed by atoms with Crippen LogP contribution < -0.4 is 14.1 Å². The second kappa shape index (κ2) is 12.3. The lowest BCUT2D eigenvalue weighted by Crippen LogP contribution is -2.37. The maximum Gasteiger partial charge on any atom is 0.344 e. The Morgan fingerprint density at radius 3 is 2.06 bits per heavy atom. The molecule has 0 saturated carbocycles. The number of nitrogens with zero attached hydrogens (tertiary/aromatic N) is 1. The molecule has 0 aliphatic carbocycles. The van der Waals surface area contributed by atoms with E-state index >= 15 is 0 Å². The van der Waals surface area contributed by atoms with E-state index in [4.69, 9.17) is 18.6 Å².